The van der Waals surface area contributed by atoms with Crippen LogP contribution in [0.2, 0.25) is 0 Å². The summed E-state index contributed by atoms with van der Waals surface area (Å²) in [6.45, 7) is 7.15. The van der Waals surface area contributed by atoms with Gasteiger partial charge < -0.3 is 25.2 Å². The van der Waals surface area contributed by atoms with Crippen molar-refractivity contribution < 1.29 is 18.3 Å². The van der Waals surface area contributed by atoms with E-state index in [-0.39, 0.29) is 45.8 Å². The number of ether oxygens (including phenoxy) is 1. The molecule has 12 nitrogen and oxygen atoms in total. The molecule has 6 rings (SSSR count). The van der Waals surface area contributed by atoms with Gasteiger partial charge in [-0.1, -0.05) is 25.8 Å². The van der Waals surface area contributed by atoms with Crippen LogP contribution in [-0.4, -0.2) is 64.0 Å². The molecule has 2 aromatic carbocycles. The van der Waals surface area contributed by atoms with Crippen molar-refractivity contribution in [3.8, 4) is 11.5 Å². The summed E-state index contributed by atoms with van der Waals surface area (Å²) in [5, 5.41) is 8.95. The molecule has 1 saturated heterocycles. The molecule has 44 heavy (non-hydrogen) atoms. The van der Waals surface area contributed by atoms with Gasteiger partial charge in [-0.3, -0.25) is 4.79 Å². The number of nitrogens with one attached hydrogen (secondary N) is 3. The van der Waals surface area contributed by atoms with Gasteiger partial charge in [0.05, 0.1) is 17.6 Å². The summed E-state index contributed by atoms with van der Waals surface area (Å²) in [5.74, 6) is -0.442. The number of carbonyl (C=O) groups is 1. The molecule has 2 fully saturated rings. The zero-order valence-corrected chi connectivity index (χ0v) is 24.4. The van der Waals surface area contributed by atoms with Gasteiger partial charge in [0.25, 0.3) is 0 Å². The smallest absolute Gasteiger partial charge is 0.246 e. The van der Waals surface area contributed by atoms with Crippen LogP contribution in [0.1, 0.15) is 24.8 Å². The minimum absolute atomic E-state index is 0.0445. The Bertz CT molecular complexity index is 1700. The Balaban J connectivity index is 0.00000121. The molecule has 2 aromatic heterocycles. The Hall–Kier alpha value is -5.27. The molecule has 1 aliphatic carbocycles. The summed E-state index contributed by atoms with van der Waals surface area (Å²) < 4.78 is 35.6. The molecule has 1 saturated carbocycles. The van der Waals surface area contributed by atoms with Crippen molar-refractivity contribution >= 4 is 45.8 Å². The minimum atomic E-state index is -0.656. The predicted octanol–water partition coefficient (Wildman–Crippen LogP) is 6.25. The van der Waals surface area contributed by atoms with E-state index in [0.29, 0.717) is 43.2 Å². The first-order valence-corrected chi connectivity index (χ1v) is 14.1. The average molecular weight is 603 g/mol. The predicted molar refractivity (Wildman–Crippen MR) is 163 cm³/mol. The fourth-order valence-corrected chi connectivity index (χ4v) is 4.44. The van der Waals surface area contributed by atoms with E-state index in [0.717, 1.165) is 6.07 Å². The molecule has 0 atom stereocenters. The molecule has 0 spiro atoms. The molecule has 1 aliphatic heterocycles. The van der Waals surface area contributed by atoms with Gasteiger partial charge >= 0.3 is 0 Å². The third-order valence-corrected chi connectivity index (χ3v) is 7.00. The van der Waals surface area contributed by atoms with Gasteiger partial charge in [-0.05, 0) is 25.1 Å². The molecule has 14 heteroatoms. The number of hydrogen-bond donors (Lipinski definition) is 3. The van der Waals surface area contributed by atoms with Gasteiger partial charge in [-0.15, -0.1) is 0 Å². The summed E-state index contributed by atoms with van der Waals surface area (Å²) >= 11 is 0. The number of hydrogen-bond acceptors (Lipinski definition) is 11. The van der Waals surface area contributed by atoms with Crippen LogP contribution in [0.5, 0.6) is 11.5 Å². The van der Waals surface area contributed by atoms with E-state index >= 15 is 4.39 Å². The maximum absolute atomic E-state index is 15.5. The maximum Gasteiger partial charge on any atom is 0.246 e. The van der Waals surface area contributed by atoms with E-state index in [4.69, 9.17) is 10.3 Å². The first-order chi connectivity index (χ1) is 21.3. The Morgan fingerprint density at radius 2 is 1.86 bits per heavy atom. The van der Waals surface area contributed by atoms with Crippen LogP contribution in [0.4, 0.5) is 37.6 Å². The zero-order chi connectivity index (χ0) is 31.2. The number of carbonyl (C=O) groups excluding carboxylic acids is 1. The third-order valence-electron chi connectivity index (χ3n) is 7.00. The highest BCUT2D eigenvalue weighted by Crippen LogP contribution is 2.37. The van der Waals surface area contributed by atoms with E-state index in [1.807, 2.05) is 4.90 Å². The lowest BCUT2D eigenvalue weighted by atomic mass is 10.1. The van der Waals surface area contributed by atoms with Crippen molar-refractivity contribution in [3.63, 3.8) is 0 Å². The largest absolute Gasteiger partial charge is 0.457 e. The van der Waals surface area contributed by atoms with Crippen LogP contribution in [0, 0.1) is 24.1 Å². The van der Waals surface area contributed by atoms with Gasteiger partial charge in [0.2, 0.25) is 11.9 Å². The van der Waals surface area contributed by atoms with Crippen molar-refractivity contribution in [2.45, 2.75) is 26.2 Å². The molecule has 0 unspecified atom stereocenters. The molecule has 0 bridgehead atoms. The van der Waals surface area contributed by atoms with E-state index in [1.54, 1.807) is 11.1 Å². The summed E-state index contributed by atoms with van der Waals surface area (Å²) in [5.41, 5.74) is 8.53. The van der Waals surface area contributed by atoms with Crippen molar-refractivity contribution in [1.29, 1.82) is 5.53 Å². The van der Waals surface area contributed by atoms with Crippen LogP contribution >= 0.6 is 0 Å². The van der Waals surface area contributed by atoms with Crippen LogP contribution < -0.4 is 20.3 Å². The second-order valence-electron chi connectivity index (χ2n) is 10.1. The van der Waals surface area contributed by atoms with Gasteiger partial charge in [0.15, 0.2) is 17.5 Å². The molecule has 4 aromatic rings. The number of amides is 1. The number of fused-ring (bicyclic) bond motifs is 1. The van der Waals surface area contributed by atoms with Crippen molar-refractivity contribution in [2.75, 3.05) is 48.8 Å². The van der Waals surface area contributed by atoms with E-state index < -0.39 is 11.6 Å². The molecule has 3 heterocycles. The van der Waals surface area contributed by atoms with Crippen LogP contribution in [0.25, 0.3) is 11.0 Å². The molecule has 2 aliphatic rings. The van der Waals surface area contributed by atoms with Gasteiger partial charge in [0, 0.05) is 50.9 Å². The normalized spacial score (nSPS) is 13.9. The number of anilines is 4. The second kappa shape index (κ2) is 13.4. The van der Waals surface area contributed by atoms with Gasteiger partial charge in [-0.2, -0.15) is 5.11 Å². The number of rotatable bonds is 8. The van der Waals surface area contributed by atoms with Gasteiger partial charge in [0.1, 0.15) is 34.5 Å². The van der Waals surface area contributed by atoms with Gasteiger partial charge in [-0.25, -0.2) is 34.2 Å². The Morgan fingerprint density at radius 1 is 1.11 bits per heavy atom. The van der Waals surface area contributed by atoms with E-state index in [1.165, 1.54) is 63.8 Å². The fourth-order valence-electron chi connectivity index (χ4n) is 4.44. The number of piperazine rings is 1. The topological polar surface area (TPSA) is 145 Å². The highest BCUT2D eigenvalue weighted by molar-refractivity contribution is 5.88. The molecule has 228 valence electrons. The van der Waals surface area contributed by atoms with E-state index in [2.05, 4.69) is 42.3 Å². The van der Waals surface area contributed by atoms with Crippen LogP contribution in [-0.2, 0) is 4.79 Å². The Morgan fingerprint density at radius 3 is 2.52 bits per heavy atom. The van der Waals surface area contributed by atoms with Crippen molar-refractivity contribution in [3.05, 3.63) is 66.6 Å². The standard InChI is InChI=1S/C27H26F2N10O2.C3H6/c1-4-22(40)38-7-9-39(10-8-38)27-32-13-20-25(36-27)26(34-14-33-20)35-18-5-6-21(15(2)23(18)29)41-16-11-17(28)24(31-3)19(12-16)37-30;1-2-3-1/h4-6,11-14,30-31H,1,7-10H2,2-3H3,(H,33,34,35);1-3H2. The number of nitrogens with zero attached hydrogens (tertiary/aromatic N) is 7. The second-order valence-corrected chi connectivity index (χ2v) is 10.1. The lowest BCUT2D eigenvalue weighted by Gasteiger charge is -2.34. The maximum atomic E-state index is 15.5. The SMILES string of the molecule is C1CC1.C=CC(=O)N1CCN(c2ncc3ncnc(Nc4ccc(Oc5cc(F)c(NC)c(N=N)c5)c(C)c4F)c3n2)CC1. The van der Waals surface area contributed by atoms with Crippen LogP contribution in [0.3, 0.4) is 0 Å². The highest BCUT2D eigenvalue weighted by Gasteiger charge is 2.22. The molecule has 1 amide bonds. The minimum Gasteiger partial charge on any atom is -0.457 e. The van der Waals surface area contributed by atoms with Crippen molar-refractivity contribution in [2.24, 2.45) is 5.11 Å². The summed E-state index contributed by atoms with van der Waals surface area (Å²) in [6.07, 6.45) is 8.69. The molecular weight excluding hydrogens is 570 g/mol. The van der Waals surface area contributed by atoms with E-state index in [9.17, 15) is 9.18 Å². The quantitative estimate of drug-likeness (QED) is 0.157. The fraction of sp³-hybridized carbons (Fsp3) is 0.300. The highest BCUT2D eigenvalue weighted by atomic mass is 19.1. The molecule has 0 radical (unpaired) electrons. The third kappa shape index (κ3) is 6.69. The summed E-state index contributed by atoms with van der Waals surface area (Å²) in [4.78, 5) is 33.1. The van der Waals surface area contributed by atoms with Crippen molar-refractivity contribution in [1.82, 2.24) is 24.8 Å². The summed E-state index contributed by atoms with van der Waals surface area (Å²) in [7, 11) is 1.52. The Labute approximate surface area is 252 Å². The zero-order valence-electron chi connectivity index (χ0n) is 24.4. The first kappa shape index (κ1) is 30.2. The Kier molecular flexibility index (Phi) is 9.17. The monoisotopic (exact) mass is 602 g/mol. The summed E-state index contributed by atoms with van der Waals surface area (Å²) in [6, 6.07) is 5.52. The van der Waals surface area contributed by atoms with Crippen LogP contribution in [0.15, 0.2) is 54.6 Å². The number of halogens is 2. The average Bonchev–Trinajstić information content (AvgIpc) is 3.94. The lowest BCUT2D eigenvalue weighted by Crippen LogP contribution is -2.48. The number of aromatic nitrogens is 4. The molecular formula is C30H32F2N10O2. The lowest BCUT2D eigenvalue weighted by molar-refractivity contribution is -0.126. The first-order valence-electron chi connectivity index (χ1n) is 14.1. The molecule has 3 N–H and O–H groups in total. The number of benzene rings is 2.